The van der Waals surface area contributed by atoms with Crippen LogP contribution in [0.3, 0.4) is 0 Å². The van der Waals surface area contributed by atoms with E-state index in [1.54, 1.807) is 13.1 Å². The first-order valence-corrected chi connectivity index (χ1v) is 7.33. The summed E-state index contributed by atoms with van der Waals surface area (Å²) in [6, 6.07) is 3.06. The van der Waals surface area contributed by atoms with Crippen LogP contribution in [0.2, 0.25) is 5.15 Å². The third kappa shape index (κ3) is 5.41. The Bertz CT molecular complexity index is 666. The minimum absolute atomic E-state index is 0.0657. The summed E-state index contributed by atoms with van der Waals surface area (Å²) in [6.07, 6.45) is -0.968. The van der Waals surface area contributed by atoms with Crippen molar-refractivity contribution in [3.8, 4) is 5.88 Å². The maximum atomic E-state index is 12.1. The van der Waals surface area contributed by atoms with Gasteiger partial charge in [-0.15, -0.1) is 0 Å². The molecule has 0 fully saturated rings. The van der Waals surface area contributed by atoms with Gasteiger partial charge in [-0.3, -0.25) is 0 Å². The van der Waals surface area contributed by atoms with Crippen molar-refractivity contribution in [3.63, 3.8) is 0 Å². The molecule has 0 radical (unpaired) electrons. The zero-order chi connectivity index (χ0) is 17.6. The maximum absolute atomic E-state index is 12.1. The summed E-state index contributed by atoms with van der Waals surface area (Å²) in [7, 11) is 1.71. The van der Waals surface area contributed by atoms with Crippen LogP contribution < -0.4 is 15.4 Å². The first-order chi connectivity index (χ1) is 11.4. The van der Waals surface area contributed by atoms with E-state index >= 15 is 0 Å². The molecule has 2 aromatic rings. The Kier molecular flexibility index (Phi) is 6.02. The van der Waals surface area contributed by atoms with Crippen molar-refractivity contribution in [2.75, 3.05) is 30.8 Å². The molecule has 0 atom stereocenters. The Hall–Kier alpha value is -2.29. The van der Waals surface area contributed by atoms with E-state index in [0.717, 1.165) is 5.56 Å². The third-order valence-electron chi connectivity index (χ3n) is 2.94. The lowest BCUT2D eigenvalue weighted by Gasteiger charge is -2.11. The molecule has 2 heterocycles. The molecule has 2 aromatic heterocycles. The molecular weight excluding hydrogens is 347 g/mol. The highest BCUT2D eigenvalue weighted by Gasteiger charge is 2.28. The summed E-state index contributed by atoms with van der Waals surface area (Å²) in [5, 5.41) is 6.32. The fraction of sp³-hybridized carbons (Fsp3) is 0.357. The lowest BCUT2D eigenvalue weighted by molar-refractivity contribution is -0.154. The normalized spacial score (nSPS) is 11.2. The van der Waals surface area contributed by atoms with Crippen molar-refractivity contribution in [3.05, 3.63) is 35.4 Å². The number of nitrogens with one attached hydrogen (secondary N) is 2. The SMILES string of the molecule is CNc1c(Cl)ncnc1NCCc1ccc(OCC(F)(F)F)nc1. The van der Waals surface area contributed by atoms with Gasteiger partial charge in [0.2, 0.25) is 5.88 Å². The molecule has 24 heavy (non-hydrogen) atoms. The first kappa shape index (κ1) is 18.1. The van der Waals surface area contributed by atoms with Crippen molar-refractivity contribution >= 4 is 23.1 Å². The van der Waals surface area contributed by atoms with Crippen molar-refractivity contribution in [1.82, 2.24) is 15.0 Å². The largest absolute Gasteiger partial charge is 0.468 e. The first-order valence-electron chi connectivity index (χ1n) is 6.95. The van der Waals surface area contributed by atoms with Crippen molar-refractivity contribution in [1.29, 1.82) is 0 Å². The van der Waals surface area contributed by atoms with Gasteiger partial charge in [-0.2, -0.15) is 13.2 Å². The van der Waals surface area contributed by atoms with E-state index in [1.165, 1.54) is 18.6 Å². The minimum Gasteiger partial charge on any atom is -0.468 e. The van der Waals surface area contributed by atoms with Gasteiger partial charge in [0, 0.05) is 25.9 Å². The second-order valence-corrected chi connectivity index (χ2v) is 5.08. The van der Waals surface area contributed by atoms with E-state index in [2.05, 4.69) is 30.3 Å². The summed E-state index contributed by atoms with van der Waals surface area (Å²) < 4.78 is 40.7. The Morgan fingerprint density at radius 3 is 2.62 bits per heavy atom. The van der Waals surface area contributed by atoms with Gasteiger partial charge < -0.3 is 15.4 Å². The highest BCUT2D eigenvalue weighted by molar-refractivity contribution is 6.32. The number of aromatic nitrogens is 3. The highest BCUT2D eigenvalue weighted by Crippen LogP contribution is 2.25. The zero-order valence-electron chi connectivity index (χ0n) is 12.7. The molecule has 2 N–H and O–H groups in total. The Balaban J connectivity index is 1.86. The van der Waals surface area contributed by atoms with Crippen LogP contribution >= 0.6 is 11.6 Å². The van der Waals surface area contributed by atoms with E-state index in [9.17, 15) is 13.2 Å². The second-order valence-electron chi connectivity index (χ2n) is 4.72. The number of halogens is 4. The molecule has 130 valence electrons. The number of ether oxygens (including phenoxy) is 1. The smallest absolute Gasteiger partial charge is 0.422 e. The molecule has 0 aliphatic carbocycles. The van der Waals surface area contributed by atoms with E-state index < -0.39 is 12.8 Å². The number of pyridine rings is 1. The van der Waals surface area contributed by atoms with Crippen LogP contribution in [0.5, 0.6) is 5.88 Å². The van der Waals surface area contributed by atoms with Crippen molar-refractivity contribution < 1.29 is 17.9 Å². The van der Waals surface area contributed by atoms with Crippen molar-refractivity contribution in [2.24, 2.45) is 0 Å². The van der Waals surface area contributed by atoms with Gasteiger partial charge >= 0.3 is 6.18 Å². The second kappa shape index (κ2) is 8.00. The predicted octanol–water partition coefficient (Wildman–Crippen LogP) is 3.16. The predicted molar refractivity (Wildman–Crippen MR) is 84.6 cm³/mol. The van der Waals surface area contributed by atoms with E-state index in [-0.39, 0.29) is 5.88 Å². The molecule has 0 spiro atoms. The van der Waals surface area contributed by atoms with Crippen LogP contribution in [0.1, 0.15) is 5.56 Å². The molecule has 0 aromatic carbocycles. The van der Waals surface area contributed by atoms with Gasteiger partial charge in [-0.1, -0.05) is 17.7 Å². The number of alkyl halides is 3. The number of nitrogens with zero attached hydrogens (tertiary/aromatic N) is 3. The van der Waals surface area contributed by atoms with Gasteiger partial charge in [0.1, 0.15) is 12.0 Å². The quantitative estimate of drug-likeness (QED) is 0.738. The fourth-order valence-electron chi connectivity index (χ4n) is 1.84. The topological polar surface area (TPSA) is 72.0 Å². The number of rotatable bonds is 7. The lowest BCUT2D eigenvalue weighted by atomic mass is 10.2. The van der Waals surface area contributed by atoms with Gasteiger partial charge in [-0.25, -0.2) is 15.0 Å². The number of hydrogen-bond donors (Lipinski definition) is 2. The number of anilines is 2. The summed E-state index contributed by atoms with van der Waals surface area (Å²) >= 11 is 5.95. The standard InChI is InChI=1S/C14H15ClF3N5O/c1-19-11-12(15)22-8-23-13(11)20-5-4-9-2-3-10(21-6-9)24-7-14(16,17)18/h2-3,6,8,19H,4-5,7H2,1H3,(H,20,22,23). The summed E-state index contributed by atoms with van der Waals surface area (Å²) in [5.74, 6) is 0.500. The molecule has 0 aliphatic rings. The molecule has 0 aliphatic heterocycles. The molecule has 0 amide bonds. The van der Waals surface area contributed by atoms with Crippen LogP contribution in [0, 0.1) is 0 Å². The average molecular weight is 362 g/mol. The molecular formula is C14H15ClF3N5O. The summed E-state index contributed by atoms with van der Waals surface area (Å²) in [4.78, 5) is 11.8. The van der Waals surface area contributed by atoms with Crippen LogP contribution in [-0.4, -0.2) is 41.3 Å². The highest BCUT2D eigenvalue weighted by atomic mass is 35.5. The molecule has 0 saturated carbocycles. The molecule has 6 nitrogen and oxygen atoms in total. The lowest BCUT2D eigenvalue weighted by Crippen LogP contribution is -2.19. The Morgan fingerprint density at radius 1 is 1.21 bits per heavy atom. The fourth-order valence-corrected chi connectivity index (χ4v) is 2.07. The van der Waals surface area contributed by atoms with Gasteiger partial charge in [0.15, 0.2) is 17.6 Å². The van der Waals surface area contributed by atoms with Gasteiger partial charge in [0.05, 0.1) is 0 Å². The molecule has 10 heteroatoms. The van der Waals surface area contributed by atoms with Crippen LogP contribution in [0.4, 0.5) is 24.7 Å². The maximum Gasteiger partial charge on any atom is 0.422 e. The molecule has 0 saturated heterocycles. The molecule has 0 bridgehead atoms. The van der Waals surface area contributed by atoms with E-state index in [1.807, 2.05) is 0 Å². The van der Waals surface area contributed by atoms with Crippen LogP contribution in [0.25, 0.3) is 0 Å². The molecule has 0 unspecified atom stereocenters. The van der Waals surface area contributed by atoms with Crippen LogP contribution in [0.15, 0.2) is 24.7 Å². The average Bonchev–Trinajstić information content (AvgIpc) is 2.53. The minimum atomic E-state index is -4.38. The zero-order valence-corrected chi connectivity index (χ0v) is 13.4. The number of hydrogen-bond acceptors (Lipinski definition) is 6. The molecule has 2 rings (SSSR count). The van der Waals surface area contributed by atoms with Gasteiger partial charge in [-0.05, 0) is 12.0 Å². The monoisotopic (exact) mass is 361 g/mol. The van der Waals surface area contributed by atoms with E-state index in [4.69, 9.17) is 11.6 Å². The van der Waals surface area contributed by atoms with Crippen molar-refractivity contribution in [2.45, 2.75) is 12.6 Å². The Labute approximate surface area is 141 Å². The van der Waals surface area contributed by atoms with E-state index in [0.29, 0.717) is 29.6 Å². The van der Waals surface area contributed by atoms with Gasteiger partial charge in [0.25, 0.3) is 0 Å². The summed E-state index contributed by atoms with van der Waals surface area (Å²) in [5.41, 5.74) is 1.43. The third-order valence-corrected chi connectivity index (χ3v) is 3.23. The Morgan fingerprint density at radius 2 is 2.00 bits per heavy atom. The summed E-state index contributed by atoms with van der Waals surface area (Å²) in [6.45, 7) is -0.825. The van der Waals surface area contributed by atoms with Crippen LogP contribution in [-0.2, 0) is 6.42 Å².